The van der Waals surface area contributed by atoms with Crippen molar-refractivity contribution >= 4 is 29.0 Å². The molecule has 0 atom stereocenters. The fourth-order valence-electron chi connectivity index (χ4n) is 3.53. The molecule has 0 aliphatic carbocycles. The molecule has 0 bridgehead atoms. The van der Waals surface area contributed by atoms with Gasteiger partial charge in [-0.15, -0.1) is 10.2 Å². The second-order valence-electron chi connectivity index (χ2n) is 7.88. The first-order valence-electron chi connectivity index (χ1n) is 10.7. The van der Waals surface area contributed by atoms with Gasteiger partial charge in [0.25, 0.3) is 5.69 Å². The third-order valence-electron chi connectivity index (χ3n) is 5.51. The molecule has 1 N–H and O–H groups in total. The van der Waals surface area contributed by atoms with E-state index in [4.69, 9.17) is 0 Å². The van der Waals surface area contributed by atoms with Crippen LogP contribution in [-0.4, -0.2) is 31.3 Å². The number of nitro groups is 1. The van der Waals surface area contributed by atoms with Gasteiger partial charge in [0.15, 0.2) is 11.0 Å². The van der Waals surface area contributed by atoms with Gasteiger partial charge in [-0.25, -0.2) is 4.39 Å². The zero-order valence-electron chi connectivity index (χ0n) is 19.1. The number of carbonyl (C=O) groups excluding carboxylic acids is 1. The van der Waals surface area contributed by atoms with E-state index in [1.54, 1.807) is 25.1 Å². The smallest absolute Gasteiger partial charge is 0.293 e. The molecule has 0 fully saturated rings. The minimum Gasteiger partial charge on any atom is -0.319 e. The maximum atomic E-state index is 13.4. The lowest BCUT2D eigenvalue weighted by Crippen LogP contribution is -2.17. The highest BCUT2D eigenvalue weighted by Crippen LogP contribution is 2.31. The summed E-state index contributed by atoms with van der Waals surface area (Å²) in [5.41, 5.74) is 3.22. The Kier molecular flexibility index (Phi) is 7.21. The molecule has 0 aliphatic rings. The molecule has 0 saturated carbocycles. The number of hydrogen-bond donors (Lipinski definition) is 1. The highest BCUT2D eigenvalue weighted by molar-refractivity contribution is 7.99. The van der Waals surface area contributed by atoms with Gasteiger partial charge in [0.05, 0.1) is 17.2 Å². The summed E-state index contributed by atoms with van der Waals surface area (Å²) in [6, 6.07) is 18.7. The first-order valence-corrected chi connectivity index (χ1v) is 11.7. The average molecular weight is 492 g/mol. The predicted octanol–water partition coefficient (Wildman–Crippen LogP) is 5.39. The van der Waals surface area contributed by atoms with E-state index in [2.05, 4.69) is 15.5 Å². The van der Waals surface area contributed by atoms with Crippen LogP contribution in [0.1, 0.15) is 16.7 Å². The van der Waals surface area contributed by atoms with Gasteiger partial charge in [-0.05, 0) is 54.8 Å². The number of hydrogen-bond acceptors (Lipinski definition) is 6. The summed E-state index contributed by atoms with van der Waals surface area (Å²) in [6.45, 7) is 4.01. The van der Waals surface area contributed by atoms with Crippen LogP contribution >= 0.6 is 11.8 Å². The Labute approximate surface area is 205 Å². The molecular formula is C25H22FN5O3S. The van der Waals surface area contributed by atoms with Crippen molar-refractivity contribution < 1.29 is 14.1 Å². The molecule has 0 unspecified atom stereocenters. The van der Waals surface area contributed by atoms with Crippen LogP contribution in [0.5, 0.6) is 0 Å². The third-order valence-corrected chi connectivity index (χ3v) is 6.48. The maximum absolute atomic E-state index is 13.4. The van der Waals surface area contributed by atoms with Crippen molar-refractivity contribution in [2.24, 2.45) is 0 Å². The predicted molar refractivity (Wildman–Crippen MR) is 133 cm³/mol. The fourth-order valence-corrected chi connectivity index (χ4v) is 4.27. The Balaban J connectivity index is 1.58. The summed E-state index contributed by atoms with van der Waals surface area (Å²) in [6.07, 6.45) is 0. The lowest BCUT2D eigenvalue weighted by Gasteiger charge is -2.12. The fraction of sp³-hybridized carbons (Fsp3) is 0.160. The molecule has 0 spiro atoms. The number of aromatic nitrogens is 3. The summed E-state index contributed by atoms with van der Waals surface area (Å²) in [7, 11) is 0. The quantitative estimate of drug-likeness (QED) is 0.201. The van der Waals surface area contributed by atoms with Gasteiger partial charge in [-0.2, -0.15) is 0 Å². The first kappa shape index (κ1) is 24.1. The Hall–Kier alpha value is -4.05. The SMILES string of the molecule is Cc1ccc([N+](=O)[O-])c(NC(=O)CSc2nnc(-c3ccc(F)cc3)n2Cc2ccccc2)c1C. The highest BCUT2D eigenvalue weighted by atomic mass is 32.2. The number of thioether (sulfide) groups is 1. The molecule has 35 heavy (non-hydrogen) atoms. The van der Waals surface area contributed by atoms with E-state index in [-0.39, 0.29) is 22.9 Å². The van der Waals surface area contributed by atoms with Crippen molar-refractivity contribution in [3.05, 3.63) is 99.4 Å². The van der Waals surface area contributed by atoms with Crippen LogP contribution < -0.4 is 5.32 Å². The molecule has 178 valence electrons. The van der Waals surface area contributed by atoms with Crippen molar-refractivity contribution in [1.82, 2.24) is 14.8 Å². The average Bonchev–Trinajstić information content (AvgIpc) is 3.24. The Bertz CT molecular complexity index is 1370. The van der Waals surface area contributed by atoms with Gasteiger partial charge in [-0.3, -0.25) is 19.5 Å². The van der Waals surface area contributed by atoms with Crippen LogP contribution in [0.3, 0.4) is 0 Å². The molecule has 0 radical (unpaired) electrons. The van der Waals surface area contributed by atoms with Gasteiger partial charge in [-0.1, -0.05) is 48.2 Å². The summed E-state index contributed by atoms with van der Waals surface area (Å²) in [4.78, 5) is 23.7. The second kappa shape index (κ2) is 10.5. The second-order valence-corrected chi connectivity index (χ2v) is 8.82. The number of nitrogens with one attached hydrogen (secondary N) is 1. The van der Waals surface area contributed by atoms with E-state index in [1.807, 2.05) is 41.8 Å². The van der Waals surface area contributed by atoms with Crippen LogP contribution in [0.15, 0.2) is 71.9 Å². The molecule has 8 nitrogen and oxygen atoms in total. The van der Waals surface area contributed by atoms with Crippen LogP contribution in [0.2, 0.25) is 0 Å². The third kappa shape index (κ3) is 5.55. The van der Waals surface area contributed by atoms with Crippen LogP contribution in [-0.2, 0) is 11.3 Å². The maximum Gasteiger partial charge on any atom is 0.293 e. The summed E-state index contributed by atoms with van der Waals surface area (Å²) in [5.74, 6) is -0.234. The van der Waals surface area contributed by atoms with Crippen molar-refractivity contribution in [2.75, 3.05) is 11.1 Å². The first-order chi connectivity index (χ1) is 16.8. The number of anilines is 1. The number of halogens is 1. The van der Waals surface area contributed by atoms with Crippen molar-refractivity contribution in [2.45, 2.75) is 25.5 Å². The van der Waals surface area contributed by atoms with Crippen molar-refractivity contribution in [1.29, 1.82) is 0 Å². The summed E-state index contributed by atoms with van der Waals surface area (Å²) >= 11 is 1.17. The molecule has 0 aliphatic heterocycles. The normalized spacial score (nSPS) is 10.8. The summed E-state index contributed by atoms with van der Waals surface area (Å²) < 4.78 is 15.3. The Morgan fingerprint density at radius 2 is 1.77 bits per heavy atom. The number of nitrogens with zero attached hydrogens (tertiary/aromatic N) is 4. The number of amides is 1. The van der Waals surface area contributed by atoms with E-state index < -0.39 is 10.8 Å². The van der Waals surface area contributed by atoms with E-state index >= 15 is 0 Å². The zero-order valence-corrected chi connectivity index (χ0v) is 19.9. The largest absolute Gasteiger partial charge is 0.319 e. The van der Waals surface area contributed by atoms with Crippen molar-refractivity contribution in [3.8, 4) is 11.4 Å². The number of carbonyl (C=O) groups is 1. The summed E-state index contributed by atoms with van der Waals surface area (Å²) in [5, 5.41) is 23.2. The monoisotopic (exact) mass is 491 g/mol. The molecule has 4 rings (SSSR count). The van der Waals surface area contributed by atoms with Crippen LogP contribution in [0.25, 0.3) is 11.4 Å². The molecule has 4 aromatic rings. The number of aryl methyl sites for hydroxylation is 1. The van der Waals surface area contributed by atoms with Gasteiger partial charge >= 0.3 is 0 Å². The molecule has 3 aromatic carbocycles. The molecule has 0 saturated heterocycles. The van der Waals surface area contributed by atoms with E-state index in [0.717, 1.165) is 11.1 Å². The van der Waals surface area contributed by atoms with Gasteiger partial charge in [0.1, 0.15) is 11.5 Å². The minimum atomic E-state index is -0.513. The lowest BCUT2D eigenvalue weighted by atomic mass is 10.1. The zero-order chi connectivity index (χ0) is 24.9. The van der Waals surface area contributed by atoms with Crippen LogP contribution in [0, 0.1) is 29.8 Å². The molecule has 1 aromatic heterocycles. The van der Waals surface area contributed by atoms with E-state index in [0.29, 0.717) is 28.7 Å². The van der Waals surface area contributed by atoms with Gasteiger partial charge < -0.3 is 5.32 Å². The standard InChI is InChI=1S/C25H22FN5O3S/c1-16-8-13-21(31(33)34)23(17(16)2)27-22(32)15-35-25-29-28-24(19-9-11-20(26)12-10-19)30(25)14-18-6-4-3-5-7-18/h3-13H,14-15H2,1-2H3,(H,27,32). The topological polar surface area (TPSA) is 103 Å². The van der Waals surface area contributed by atoms with Gasteiger partial charge in [0.2, 0.25) is 5.91 Å². The van der Waals surface area contributed by atoms with Crippen LogP contribution in [0.4, 0.5) is 15.8 Å². The number of benzene rings is 3. The molecule has 10 heteroatoms. The number of rotatable bonds is 8. The molecular weight excluding hydrogens is 469 g/mol. The van der Waals surface area contributed by atoms with E-state index in [1.165, 1.54) is 30.0 Å². The Morgan fingerprint density at radius 1 is 1.06 bits per heavy atom. The highest BCUT2D eigenvalue weighted by Gasteiger charge is 2.21. The minimum absolute atomic E-state index is 0.0269. The molecule has 1 amide bonds. The Morgan fingerprint density at radius 3 is 2.46 bits per heavy atom. The van der Waals surface area contributed by atoms with E-state index in [9.17, 15) is 19.3 Å². The number of nitro benzene ring substituents is 1. The van der Waals surface area contributed by atoms with Crippen molar-refractivity contribution in [3.63, 3.8) is 0 Å². The van der Waals surface area contributed by atoms with Gasteiger partial charge in [0, 0.05) is 11.6 Å². The lowest BCUT2D eigenvalue weighted by molar-refractivity contribution is -0.384. The molecule has 1 heterocycles.